The van der Waals surface area contributed by atoms with E-state index in [2.05, 4.69) is 264 Å². The summed E-state index contributed by atoms with van der Waals surface area (Å²) in [5.74, 6) is 1.46. The topological polar surface area (TPSA) is 116 Å². The van der Waals surface area contributed by atoms with E-state index in [1.54, 1.807) is 24.8 Å². The van der Waals surface area contributed by atoms with Gasteiger partial charge in [0, 0.05) is 98.4 Å². The van der Waals surface area contributed by atoms with Gasteiger partial charge < -0.3 is 0 Å². The maximum Gasteiger partial charge on any atom is 0.160 e. The van der Waals surface area contributed by atoms with Crippen molar-refractivity contribution >= 4 is 21.5 Å². The summed E-state index contributed by atoms with van der Waals surface area (Å²) in [5.41, 5.74) is 27.9. The van der Waals surface area contributed by atoms with Gasteiger partial charge in [-0.25, -0.2) is 29.9 Å². The summed E-state index contributed by atoms with van der Waals surface area (Å²) in [6, 6.07) is 135. The van der Waals surface area contributed by atoms with Crippen LogP contribution in [0, 0.1) is 0 Å². The number of nitrogens with zero attached hydrogens (tertiary/aromatic N) is 9. The summed E-state index contributed by atoms with van der Waals surface area (Å²) in [7, 11) is 0. The lowest BCUT2D eigenvalue weighted by Crippen LogP contribution is -1.96. The Morgan fingerprint density at radius 2 is 0.443 bits per heavy atom. The average Bonchev–Trinajstić information content (AvgIpc) is 0.763. The third kappa shape index (κ3) is 17.2. The molecular formula is C113H77N9. The lowest BCUT2D eigenvalue weighted by molar-refractivity contribution is 1.18. The van der Waals surface area contributed by atoms with Crippen LogP contribution in [0.5, 0.6) is 0 Å². The number of hydrogen-bond acceptors (Lipinski definition) is 9. The van der Waals surface area contributed by atoms with E-state index in [0.29, 0.717) is 23.0 Å². The van der Waals surface area contributed by atoms with Crippen LogP contribution >= 0.6 is 0 Å². The minimum absolute atomic E-state index is 0.0385. The van der Waals surface area contributed by atoms with Crippen molar-refractivity contribution in [2.75, 3.05) is 0 Å². The second-order valence-electron chi connectivity index (χ2n) is 29.3. The summed E-state index contributed by atoms with van der Waals surface area (Å²) in [6.07, 6.45) is 10.9. The van der Waals surface area contributed by atoms with E-state index in [0.717, 1.165) is 123 Å². The van der Waals surface area contributed by atoms with Gasteiger partial charge in [-0.2, -0.15) is 0 Å². The molecule has 0 fully saturated rings. The number of aromatic nitrogens is 9. The molecule has 0 aliphatic rings. The fraction of sp³-hybridized carbons (Fsp3) is 0. The van der Waals surface area contributed by atoms with Crippen LogP contribution in [0.4, 0.5) is 0 Å². The molecule has 6 heterocycles. The Labute approximate surface area is 716 Å². The van der Waals surface area contributed by atoms with Gasteiger partial charge in [0.15, 0.2) is 17.5 Å². The molecule has 0 unspecified atom stereocenters. The predicted molar refractivity (Wildman–Crippen MR) is 501 cm³/mol. The van der Waals surface area contributed by atoms with Crippen molar-refractivity contribution in [2.24, 2.45) is 0 Å². The molecule has 6 aromatic heterocycles. The van der Waals surface area contributed by atoms with Crippen molar-refractivity contribution in [3.63, 3.8) is 0 Å². The summed E-state index contributed by atoms with van der Waals surface area (Å²) in [6.45, 7) is 0. The van der Waals surface area contributed by atoms with Gasteiger partial charge in [-0.05, 0) is 149 Å². The van der Waals surface area contributed by atoms with Crippen LogP contribution in [0.3, 0.4) is 0 Å². The molecule has 0 saturated heterocycles. The van der Waals surface area contributed by atoms with Crippen LogP contribution in [-0.2, 0) is 0 Å². The van der Waals surface area contributed by atoms with Gasteiger partial charge in [-0.1, -0.05) is 370 Å². The van der Waals surface area contributed by atoms with Crippen molar-refractivity contribution in [3.05, 3.63) is 468 Å². The van der Waals surface area contributed by atoms with Crippen molar-refractivity contribution in [2.45, 2.75) is 0 Å². The highest BCUT2D eigenvalue weighted by Gasteiger charge is 2.18. The highest BCUT2D eigenvalue weighted by Crippen LogP contribution is 2.40. The van der Waals surface area contributed by atoms with Gasteiger partial charge in [0.1, 0.15) is 0 Å². The number of rotatable bonds is 16. The number of hydrogen-bond donors (Lipinski definition) is 0. The van der Waals surface area contributed by atoms with Gasteiger partial charge in [0.05, 0.1) is 41.0 Å². The normalized spacial score (nSPS) is 11.5. The Kier molecular flexibility index (Phi) is 20.3. The molecule has 122 heavy (non-hydrogen) atoms. The standard InChI is InChI=1S/C47H31N3.2C33H23N3/c1-2-10-32(11-3-1)37-13-8-14-39(28-37)47-49-45(35-23-19-33(20-24-35)40-15-9-27-48-31-40)30-46(50-47)36-25-21-34(22-26-36)44-29-38-12-4-5-16-41(38)42-17-6-7-18-43(42)44;2*1-3-9-24(10-4-1)25-16-18-26(19-17-25)31-22-32(36-33(35-31)27-11-5-2-6-12-27)29-14-7-13-28(21-29)30-15-8-20-34-23-30/h1-31H;2*1-23H/i;2D,5D,6D,11D,12D;. The van der Waals surface area contributed by atoms with Gasteiger partial charge in [-0.3, -0.25) is 15.0 Å². The maximum absolute atomic E-state index is 8.53. The lowest BCUT2D eigenvalue weighted by Gasteiger charge is -2.13. The zero-order valence-electron chi connectivity index (χ0n) is 71.1. The van der Waals surface area contributed by atoms with E-state index in [4.69, 9.17) is 36.8 Å². The summed E-state index contributed by atoms with van der Waals surface area (Å²) in [5, 5.41) is 5.03. The fourth-order valence-corrected chi connectivity index (χ4v) is 15.2. The average molecular weight is 1570 g/mol. The van der Waals surface area contributed by atoms with Crippen molar-refractivity contribution in [3.8, 4) is 180 Å². The Balaban J connectivity index is 0.000000126. The second-order valence-corrected chi connectivity index (χ2v) is 29.3. The largest absolute Gasteiger partial charge is 0.264 e. The molecule has 0 aliphatic carbocycles. The smallest absolute Gasteiger partial charge is 0.160 e. The number of benzene rings is 15. The third-order valence-corrected chi connectivity index (χ3v) is 21.5. The molecule has 21 rings (SSSR count). The molecule has 0 atom stereocenters. The Morgan fingerprint density at radius 1 is 0.164 bits per heavy atom. The number of pyridine rings is 3. The minimum Gasteiger partial charge on any atom is -0.264 e. The SMILES string of the molecule is [2H]c1c([2H])c([2H])c(-c2nc(-c3ccc(-c4ccccc4)cc3)cc(-c3cccc(-c4cccnc4)c3)n2)c([2H])c1[2H].c1ccc(-c2ccc(-c3cc(-c4cccc(-c5cccnc5)c4)nc(-c4ccccc4)n3)cc2)cc1.c1ccc(-c2cccc(-c3nc(-c4ccc(-c5cccnc5)cc4)cc(-c4ccc(-c5cc6ccccc6c6ccccc56)cc4)n3)c2)cc1. The summed E-state index contributed by atoms with van der Waals surface area (Å²) >= 11 is 0. The zero-order valence-corrected chi connectivity index (χ0v) is 66.1. The minimum atomic E-state index is -0.458. The van der Waals surface area contributed by atoms with E-state index in [1.807, 2.05) is 164 Å². The van der Waals surface area contributed by atoms with E-state index in [-0.39, 0.29) is 23.5 Å². The first-order valence-electron chi connectivity index (χ1n) is 42.8. The molecule has 9 nitrogen and oxygen atoms in total. The molecule has 0 radical (unpaired) electrons. The zero-order chi connectivity index (χ0) is 85.9. The highest BCUT2D eigenvalue weighted by molar-refractivity contribution is 6.14. The predicted octanol–water partition coefficient (Wildman–Crippen LogP) is 28.6. The molecule has 0 bridgehead atoms. The van der Waals surface area contributed by atoms with E-state index in [1.165, 1.54) is 43.8 Å². The molecule has 9 heteroatoms. The Bertz CT molecular complexity index is 7470. The van der Waals surface area contributed by atoms with Crippen LogP contribution in [0.2, 0.25) is 0 Å². The van der Waals surface area contributed by atoms with E-state index < -0.39 is 18.1 Å². The van der Waals surface area contributed by atoms with Gasteiger partial charge >= 0.3 is 0 Å². The molecule has 0 saturated carbocycles. The van der Waals surface area contributed by atoms with Gasteiger partial charge in [0.25, 0.3) is 0 Å². The first-order chi connectivity index (χ1) is 62.5. The quantitative estimate of drug-likeness (QED) is 0.0872. The molecule has 21 aromatic rings. The molecule has 15 aromatic carbocycles. The fourth-order valence-electron chi connectivity index (χ4n) is 15.2. The Morgan fingerprint density at radius 3 is 0.869 bits per heavy atom. The molecule has 0 spiro atoms. The van der Waals surface area contributed by atoms with Crippen LogP contribution in [0.25, 0.3) is 201 Å². The molecule has 574 valence electrons. The van der Waals surface area contributed by atoms with Crippen LogP contribution in [-0.4, -0.2) is 44.9 Å². The highest BCUT2D eigenvalue weighted by atomic mass is 14.9. The molecule has 0 amide bonds. The first kappa shape index (κ1) is 69.8. The maximum atomic E-state index is 8.53. The second kappa shape index (κ2) is 35.5. The van der Waals surface area contributed by atoms with Crippen molar-refractivity contribution < 1.29 is 6.85 Å². The van der Waals surface area contributed by atoms with Crippen LogP contribution in [0.15, 0.2) is 468 Å². The number of fused-ring (bicyclic) bond motifs is 3. The lowest BCUT2D eigenvalue weighted by atomic mass is 9.92. The van der Waals surface area contributed by atoms with Gasteiger partial charge in [-0.15, -0.1) is 0 Å². The van der Waals surface area contributed by atoms with E-state index in [9.17, 15) is 0 Å². The Hall–Kier alpha value is -16.5. The molecular weight excluding hydrogens is 1480 g/mol. The van der Waals surface area contributed by atoms with Crippen molar-refractivity contribution in [1.82, 2.24) is 44.9 Å². The monoisotopic (exact) mass is 1560 g/mol. The first-order valence-corrected chi connectivity index (χ1v) is 40.3. The summed E-state index contributed by atoms with van der Waals surface area (Å²) < 4.78 is 41.4. The third-order valence-electron chi connectivity index (χ3n) is 21.5. The van der Waals surface area contributed by atoms with Gasteiger partial charge in [0.2, 0.25) is 0 Å². The van der Waals surface area contributed by atoms with E-state index >= 15 is 0 Å². The van der Waals surface area contributed by atoms with Crippen LogP contribution < -0.4 is 0 Å². The molecule has 0 aliphatic heterocycles. The van der Waals surface area contributed by atoms with Crippen LogP contribution in [0.1, 0.15) is 6.85 Å². The van der Waals surface area contributed by atoms with Crippen molar-refractivity contribution in [1.29, 1.82) is 0 Å². The summed E-state index contributed by atoms with van der Waals surface area (Å²) in [4.78, 5) is 42.5. The molecule has 0 N–H and O–H groups in total.